The van der Waals surface area contributed by atoms with Crippen LogP contribution in [0.5, 0.6) is 5.75 Å². The first kappa shape index (κ1) is 24.0. The Hall–Kier alpha value is -3.11. The van der Waals surface area contributed by atoms with Crippen molar-refractivity contribution in [3.8, 4) is 5.75 Å². The van der Waals surface area contributed by atoms with Crippen LogP contribution < -0.4 is 10.1 Å². The number of alkyl halides is 3. The van der Waals surface area contributed by atoms with Crippen LogP contribution in [0.15, 0.2) is 28.9 Å². The fourth-order valence-corrected chi connectivity index (χ4v) is 4.66. The molecule has 0 bridgehead atoms. The van der Waals surface area contributed by atoms with E-state index in [1.165, 1.54) is 6.20 Å². The van der Waals surface area contributed by atoms with Crippen LogP contribution in [0.1, 0.15) is 54.7 Å². The van der Waals surface area contributed by atoms with Crippen molar-refractivity contribution in [3.05, 3.63) is 35.8 Å². The lowest BCUT2D eigenvalue weighted by atomic mass is 9.81. The van der Waals surface area contributed by atoms with Crippen LogP contribution in [0.2, 0.25) is 0 Å². The number of anilines is 1. The molecule has 34 heavy (non-hydrogen) atoms. The van der Waals surface area contributed by atoms with Crippen LogP contribution in [0, 0.1) is 18.8 Å². The van der Waals surface area contributed by atoms with Crippen molar-refractivity contribution >= 4 is 17.7 Å². The molecule has 8 nitrogen and oxygen atoms in total. The summed E-state index contributed by atoms with van der Waals surface area (Å²) in [6.07, 6.45) is -0.719. The normalized spacial score (nSPS) is 23.1. The van der Waals surface area contributed by atoms with Crippen molar-refractivity contribution in [1.82, 2.24) is 15.0 Å². The number of amides is 2. The summed E-state index contributed by atoms with van der Waals surface area (Å²) in [5.41, 5.74) is 0.684. The van der Waals surface area contributed by atoms with E-state index in [1.54, 1.807) is 30.0 Å². The SMILES string of the molecule is Cc1cc(NC(=O)c2ncccc2OC[C@H]2CCCN2C(=O)C2CCC(C(F)(F)F)CC2)on1. The van der Waals surface area contributed by atoms with Gasteiger partial charge in [-0.05, 0) is 57.6 Å². The molecule has 1 aliphatic carbocycles. The molecular formula is C23H27F3N4O4. The van der Waals surface area contributed by atoms with Crippen LogP contribution in [0.25, 0.3) is 0 Å². The number of hydrogen-bond donors (Lipinski definition) is 1. The van der Waals surface area contributed by atoms with Gasteiger partial charge < -0.3 is 14.2 Å². The molecule has 2 fully saturated rings. The van der Waals surface area contributed by atoms with Gasteiger partial charge >= 0.3 is 6.18 Å². The van der Waals surface area contributed by atoms with Crippen molar-refractivity contribution in [1.29, 1.82) is 0 Å². The van der Waals surface area contributed by atoms with Gasteiger partial charge in [0.1, 0.15) is 6.61 Å². The quantitative estimate of drug-likeness (QED) is 0.660. The average Bonchev–Trinajstić information content (AvgIpc) is 3.45. The number of halogens is 3. The number of rotatable bonds is 6. The maximum absolute atomic E-state index is 13.1. The highest BCUT2D eigenvalue weighted by atomic mass is 19.4. The first-order valence-electron chi connectivity index (χ1n) is 11.4. The largest absolute Gasteiger partial charge is 0.489 e. The van der Waals surface area contributed by atoms with Gasteiger partial charge in [0.2, 0.25) is 11.8 Å². The third-order valence-electron chi connectivity index (χ3n) is 6.48. The number of hydrogen-bond acceptors (Lipinski definition) is 6. The highest BCUT2D eigenvalue weighted by Crippen LogP contribution is 2.40. The van der Waals surface area contributed by atoms with Crippen molar-refractivity contribution < 1.29 is 32.0 Å². The Morgan fingerprint density at radius 2 is 2.00 bits per heavy atom. The van der Waals surface area contributed by atoms with Gasteiger partial charge in [-0.1, -0.05) is 5.16 Å². The molecule has 2 aromatic heterocycles. The van der Waals surface area contributed by atoms with E-state index in [-0.39, 0.29) is 67.5 Å². The second-order valence-electron chi connectivity index (χ2n) is 8.87. The molecule has 1 aliphatic heterocycles. The van der Waals surface area contributed by atoms with Crippen molar-refractivity contribution in [2.24, 2.45) is 11.8 Å². The van der Waals surface area contributed by atoms with Crippen molar-refractivity contribution in [3.63, 3.8) is 0 Å². The molecule has 1 N–H and O–H groups in total. The summed E-state index contributed by atoms with van der Waals surface area (Å²) in [5, 5.41) is 6.30. The number of carbonyl (C=O) groups excluding carboxylic acids is 2. The lowest BCUT2D eigenvalue weighted by molar-refractivity contribution is -0.185. The molecule has 1 saturated carbocycles. The number of carbonyl (C=O) groups is 2. The number of likely N-dealkylation sites (tertiary alicyclic amines) is 1. The molecule has 2 amide bonds. The highest BCUT2D eigenvalue weighted by Gasteiger charge is 2.44. The van der Waals surface area contributed by atoms with E-state index in [0.717, 1.165) is 12.8 Å². The number of aryl methyl sites for hydroxylation is 1. The zero-order chi connectivity index (χ0) is 24.3. The summed E-state index contributed by atoms with van der Waals surface area (Å²) in [6, 6.07) is 4.63. The van der Waals surface area contributed by atoms with Gasteiger partial charge in [0.25, 0.3) is 5.91 Å². The standard InChI is InChI=1S/C23H27F3N4O4/c1-14-12-19(34-29-14)28-21(31)20-18(5-2-10-27-20)33-13-17-4-3-11-30(17)22(32)15-6-8-16(9-7-15)23(24,25)26/h2,5,10,12,15-17H,3-4,6-9,11,13H2,1H3,(H,28,31)/t15?,16?,17-/m1/s1. The number of ether oxygens (including phenoxy) is 1. The fraction of sp³-hybridized carbons (Fsp3) is 0.565. The number of nitrogens with one attached hydrogen (secondary N) is 1. The smallest absolute Gasteiger partial charge is 0.391 e. The Kier molecular flexibility index (Phi) is 7.08. The Labute approximate surface area is 194 Å². The first-order valence-corrected chi connectivity index (χ1v) is 11.4. The van der Waals surface area contributed by atoms with E-state index in [2.05, 4.69) is 15.5 Å². The zero-order valence-electron chi connectivity index (χ0n) is 18.8. The second-order valence-corrected chi connectivity index (χ2v) is 8.87. The van der Waals surface area contributed by atoms with Crippen LogP contribution >= 0.6 is 0 Å². The third kappa shape index (κ3) is 5.51. The summed E-state index contributed by atoms with van der Waals surface area (Å²) in [4.78, 5) is 31.5. The molecule has 4 rings (SSSR count). The monoisotopic (exact) mass is 480 g/mol. The predicted molar refractivity (Wildman–Crippen MR) is 115 cm³/mol. The Morgan fingerprint density at radius 1 is 1.24 bits per heavy atom. The molecule has 1 saturated heterocycles. The summed E-state index contributed by atoms with van der Waals surface area (Å²) in [6.45, 7) is 2.44. The minimum Gasteiger partial charge on any atom is -0.489 e. The molecule has 11 heteroatoms. The minimum atomic E-state index is -4.20. The second kappa shape index (κ2) is 10.0. The predicted octanol–water partition coefficient (Wildman–Crippen LogP) is 4.37. The van der Waals surface area contributed by atoms with E-state index in [1.807, 2.05) is 0 Å². The van der Waals surface area contributed by atoms with E-state index in [9.17, 15) is 22.8 Å². The van der Waals surface area contributed by atoms with Gasteiger partial charge in [0, 0.05) is 24.7 Å². The highest BCUT2D eigenvalue weighted by molar-refractivity contribution is 6.03. The van der Waals surface area contributed by atoms with Crippen molar-refractivity contribution in [2.45, 2.75) is 57.7 Å². The molecule has 0 radical (unpaired) electrons. The average molecular weight is 480 g/mol. The van der Waals surface area contributed by atoms with Crippen LogP contribution in [-0.4, -0.2) is 52.2 Å². The molecule has 2 aliphatic rings. The topological polar surface area (TPSA) is 97.6 Å². The number of pyridine rings is 1. The van der Waals surface area contributed by atoms with E-state index in [0.29, 0.717) is 12.2 Å². The molecule has 0 unspecified atom stereocenters. The summed E-state index contributed by atoms with van der Waals surface area (Å²) in [7, 11) is 0. The maximum Gasteiger partial charge on any atom is 0.391 e. The Bertz CT molecular complexity index is 1020. The summed E-state index contributed by atoms with van der Waals surface area (Å²) in [5.74, 6) is -1.87. The van der Waals surface area contributed by atoms with Gasteiger partial charge in [-0.2, -0.15) is 13.2 Å². The summed E-state index contributed by atoms with van der Waals surface area (Å²) < 4.78 is 49.8. The Balaban J connectivity index is 1.35. The first-order chi connectivity index (χ1) is 16.2. The number of nitrogens with zero attached hydrogens (tertiary/aromatic N) is 3. The Morgan fingerprint density at radius 3 is 2.68 bits per heavy atom. The molecular weight excluding hydrogens is 453 g/mol. The molecule has 1 atom stereocenters. The lowest BCUT2D eigenvalue weighted by Crippen LogP contribution is -2.44. The third-order valence-corrected chi connectivity index (χ3v) is 6.48. The minimum absolute atomic E-state index is 0.00617. The van der Waals surface area contributed by atoms with E-state index in [4.69, 9.17) is 9.26 Å². The molecule has 184 valence electrons. The summed E-state index contributed by atoms with van der Waals surface area (Å²) >= 11 is 0. The molecule has 3 heterocycles. The molecule has 0 aromatic carbocycles. The van der Waals surface area contributed by atoms with Crippen LogP contribution in [-0.2, 0) is 4.79 Å². The van der Waals surface area contributed by atoms with Crippen LogP contribution in [0.4, 0.5) is 19.1 Å². The van der Waals surface area contributed by atoms with E-state index < -0.39 is 18.0 Å². The fourth-order valence-electron chi connectivity index (χ4n) is 4.66. The molecule has 2 aromatic rings. The zero-order valence-corrected chi connectivity index (χ0v) is 18.8. The number of aromatic nitrogens is 2. The van der Waals surface area contributed by atoms with Gasteiger partial charge in [-0.15, -0.1) is 0 Å². The van der Waals surface area contributed by atoms with Gasteiger partial charge in [0.15, 0.2) is 11.4 Å². The van der Waals surface area contributed by atoms with Gasteiger partial charge in [-0.3, -0.25) is 14.9 Å². The molecule has 0 spiro atoms. The lowest BCUT2D eigenvalue weighted by Gasteiger charge is -2.33. The van der Waals surface area contributed by atoms with Crippen molar-refractivity contribution in [2.75, 3.05) is 18.5 Å². The van der Waals surface area contributed by atoms with Gasteiger partial charge in [0.05, 0.1) is 17.7 Å². The van der Waals surface area contributed by atoms with E-state index >= 15 is 0 Å². The van der Waals surface area contributed by atoms with Gasteiger partial charge in [-0.25, -0.2) is 4.98 Å². The maximum atomic E-state index is 13.1. The van der Waals surface area contributed by atoms with Crippen LogP contribution in [0.3, 0.4) is 0 Å².